The standard InChI is InChI=1S/C33H63NO2/c1-5-7-9-11-13-14-15-16-17-18-19-20-21-23-25-27-29-36-31-32(30-33(35)34(3)4)28-26-24-22-12-10-8-6-2/h13-14,16-17,32H,5-12,15,18-31H2,1-4H3. The predicted octanol–water partition coefficient (Wildman–Crippen LogP) is 10.1. The molecule has 212 valence electrons. The fourth-order valence-electron chi connectivity index (χ4n) is 4.51. The number of amides is 1. The zero-order chi connectivity index (χ0) is 26.5. The molecule has 0 N–H and O–H groups in total. The summed E-state index contributed by atoms with van der Waals surface area (Å²) in [5.41, 5.74) is 0. The van der Waals surface area contributed by atoms with Gasteiger partial charge in [-0.1, -0.05) is 122 Å². The first-order valence-electron chi connectivity index (χ1n) is 15.7. The average Bonchev–Trinajstić information content (AvgIpc) is 2.87. The maximum Gasteiger partial charge on any atom is 0.222 e. The molecule has 0 aromatic rings. The van der Waals surface area contributed by atoms with E-state index in [0.717, 1.165) is 32.5 Å². The number of hydrogen-bond donors (Lipinski definition) is 0. The number of carbonyl (C=O) groups excluding carboxylic acids is 1. The summed E-state index contributed by atoms with van der Waals surface area (Å²) in [6.07, 6.45) is 35.6. The molecule has 3 nitrogen and oxygen atoms in total. The van der Waals surface area contributed by atoms with Crippen molar-refractivity contribution in [1.82, 2.24) is 4.90 Å². The minimum Gasteiger partial charge on any atom is -0.381 e. The second-order valence-corrected chi connectivity index (χ2v) is 10.9. The Morgan fingerprint density at radius 3 is 1.78 bits per heavy atom. The van der Waals surface area contributed by atoms with Gasteiger partial charge >= 0.3 is 0 Å². The number of ether oxygens (including phenoxy) is 1. The lowest BCUT2D eigenvalue weighted by molar-refractivity contribution is -0.130. The summed E-state index contributed by atoms with van der Waals surface area (Å²) in [6, 6.07) is 0. The van der Waals surface area contributed by atoms with E-state index < -0.39 is 0 Å². The molecule has 0 heterocycles. The summed E-state index contributed by atoms with van der Waals surface area (Å²) in [7, 11) is 3.72. The molecule has 1 unspecified atom stereocenters. The molecule has 0 aromatic carbocycles. The fourth-order valence-corrected chi connectivity index (χ4v) is 4.51. The van der Waals surface area contributed by atoms with Gasteiger partial charge in [-0.3, -0.25) is 4.79 Å². The summed E-state index contributed by atoms with van der Waals surface area (Å²) >= 11 is 0. The van der Waals surface area contributed by atoms with Crippen LogP contribution < -0.4 is 0 Å². The van der Waals surface area contributed by atoms with Crippen LogP contribution in [0.15, 0.2) is 24.3 Å². The second-order valence-electron chi connectivity index (χ2n) is 10.9. The third-order valence-electron chi connectivity index (χ3n) is 7.02. The quantitative estimate of drug-likeness (QED) is 0.0820. The first-order valence-corrected chi connectivity index (χ1v) is 15.7. The molecule has 0 rings (SSSR count). The smallest absolute Gasteiger partial charge is 0.222 e. The highest BCUT2D eigenvalue weighted by Gasteiger charge is 2.15. The van der Waals surface area contributed by atoms with Gasteiger partial charge < -0.3 is 9.64 Å². The van der Waals surface area contributed by atoms with Crippen molar-refractivity contribution >= 4 is 5.91 Å². The fraction of sp³-hybridized carbons (Fsp3) is 0.848. The summed E-state index contributed by atoms with van der Waals surface area (Å²) in [6.45, 7) is 6.12. The molecule has 1 atom stereocenters. The first-order chi connectivity index (χ1) is 17.6. The zero-order valence-electron chi connectivity index (χ0n) is 24.9. The maximum absolute atomic E-state index is 12.2. The van der Waals surface area contributed by atoms with Crippen LogP contribution in [-0.4, -0.2) is 38.1 Å². The minimum atomic E-state index is 0.236. The highest BCUT2D eigenvalue weighted by Crippen LogP contribution is 2.17. The third kappa shape index (κ3) is 26.0. The maximum atomic E-state index is 12.2. The molecule has 0 radical (unpaired) electrons. The van der Waals surface area contributed by atoms with E-state index in [1.54, 1.807) is 4.90 Å². The van der Waals surface area contributed by atoms with Gasteiger partial charge in [0.25, 0.3) is 0 Å². The van der Waals surface area contributed by atoms with Crippen molar-refractivity contribution in [3.63, 3.8) is 0 Å². The van der Waals surface area contributed by atoms with Gasteiger partial charge in [0.05, 0.1) is 0 Å². The summed E-state index contributed by atoms with van der Waals surface area (Å²) in [5.74, 6) is 0.611. The lowest BCUT2D eigenvalue weighted by atomic mass is 9.97. The Kier molecular flexibility index (Phi) is 27.6. The van der Waals surface area contributed by atoms with Gasteiger partial charge in [-0.25, -0.2) is 0 Å². The van der Waals surface area contributed by atoms with Crippen molar-refractivity contribution in [3.05, 3.63) is 24.3 Å². The van der Waals surface area contributed by atoms with E-state index >= 15 is 0 Å². The number of unbranched alkanes of at least 4 members (excludes halogenated alkanes) is 15. The second kappa shape index (κ2) is 28.5. The van der Waals surface area contributed by atoms with Gasteiger partial charge in [0.2, 0.25) is 5.91 Å². The van der Waals surface area contributed by atoms with Crippen LogP contribution >= 0.6 is 0 Å². The SMILES string of the molecule is CCCCCC=CCC=CCCCCCCCCOCC(CCCCCCCCC)CC(=O)N(C)C. The van der Waals surface area contributed by atoms with Crippen molar-refractivity contribution in [2.45, 2.75) is 149 Å². The van der Waals surface area contributed by atoms with Crippen LogP contribution in [0, 0.1) is 5.92 Å². The highest BCUT2D eigenvalue weighted by molar-refractivity contribution is 5.75. The molecule has 0 aliphatic heterocycles. The minimum absolute atomic E-state index is 0.236. The van der Waals surface area contributed by atoms with E-state index in [1.807, 2.05) is 14.1 Å². The molecule has 1 amide bonds. The van der Waals surface area contributed by atoms with Gasteiger partial charge in [-0.2, -0.15) is 0 Å². The van der Waals surface area contributed by atoms with Crippen LogP contribution in [0.1, 0.15) is 149 Å². The number of hydrogen-bond acceptors (Lipinski definition) is 2. The van der Waals surface area contributed by atoms with E-state index in [4.69, 9.17) is 4.74 Å². The Labute approximate surface area is 226 Å². The number of allylic oxidation sites excluding steroid dienone is 4. The molecular formula is C33H63NO2. The van der Waals surface area contributed by atoms with Gasteiger partial charge in [-0.15, -0.1) is 0 Å². The van der Waals surface area contributed by atoms with Crippen molar-refractivity contribution in [3.8, 4) is 0 Å². The zero-order valence-corrected chi connectivity index (χ0v) is 24.9. The third-order valence-corrected chi connectivity index (χ3v) is 7.02. The highest BCUT2D eigenvalue weighted by atomic mass is 16.5. The van der Waals surface area contributed by atoms with E-state index in [2.05, 4.69) is 38.2 Å². The van der Waals surface area contributed by atoms with Gasteiger partial charge in [0.1, 0.15) is 0 Å². The largest absolute Gasteiger partial charge is 0.381 e. The van der Waals surface area contributed by atoms with Crippen molar-refractivity contribution in [1.29, 1.82) is 0 Å². The van der Waals surface area contributed by atoms with Crippen LogP contribution in [0.3, 0.4) is 0 Å². The molecule has 0 saturated heterocycles. The monoisotopic (exact) mass is 505 g/mol. The molecular weight excluding hydrogens is 442 g/mol. The van der Waals surface area contributed by atoms with E-state index in [0.29, 0.717) is 12.3 Å². The molecule has 0 aromatic heterocycles. The van der Waals surface area contributed by atoms with E-state index in [1.165, 1.54) is 109 Å². The Morgan fingerprint density at radius 1 is 0.667 bits per heavy atom. The van der Waals surface area contributed by atoms with E-state index in [9.17, 15) is 4.79 Å². The van der Waals surface area contributed by atoms with Gasteiger partial charge in [0, 0.05) is 33.7 Å². The Morgan fingerprint density at radius 2 is 1.17 bits per heavy atom. The molecule has 0 aliphatic rings. The molecule has 0 bridgehead atoms. The lowest BCUT2D eigenvalue weighted by Crippen LogP contribution is -2.26. The number of nitrogens with zero attached hydrogens (tertiary/aromatic N) is 1. The molecule has 36 heavy (non-hydrogen) atoms. The predicted molar refractivity (Wildman–Crippen MR) is 160 cm³/mol. The van der Waals surface area contributed by atoms with Crippen molar-refractivity contribution < 1.29 is 9.53 Å². The summed E-state index contributed by atoms with van der Waals surface area (Å²) in [4.78, 5) is 13.9. The van der Waals surface area contributed by atoms with Crippen LogP contribution in [0.2, 0.25) is 0 Å². The molecule has 0 spiro atoms. The van der Waals surface area contributed by atoms with Crippen molar-refractivity contribution in [2.24, 2.45) is 5.92 Å². The average molecular weight is 506 g/mol. The van der Waals surface area contributed by atoms with Gasteiger partial charge in [0.15, 0.2) is 0 Å². The lowest BCUT2D eigenvalue weighted by Gasteiger charge is -2.19. The molecule has 0 aliphatic carbocycles. The Hall–Kier alpha value is -1.09. The number of carbonyl (C=O) groups is 1. The van der Waals surface area contributed by atoms with Crippen LogP contribution in [-0.2, 0) is 9.53 Å². The summed E-state index contributed by atoms with van der Waals surface area (Å²) < 4.78 is 6.02. The van der Waals surface area contributed by atoms with Crippen LogP contribution in [0.4, 0.5) is 0 Å². The summed E-state index contributed by atoms with van der Waals surface area (Å²) in [5, 5.41) is 0. The van der Waals surface area contributed by atoms with Crippen LogP contribution in [0.5, 0.6) is 0 Å². The Bertz CT molecular complexity index is 512. The van der Waals surface area contributed by atoms with E-state index in [-0.39, 0.29) is 5.91 Å². The Balaban J connectivity index is 3.71. The normalized spacial score (nSPS) is 12.7. The number of rotatable bonds is 27. The molecule has 0 saturated carbocycles. The van der Waals surface area contributed by atoms with Crippen LogP contribution in [0.25, 0.3) is 0 Å². The molecule has 0 fully saturated rings. The molecule has 3 heteroatoms. The van der Waals surface area contributed by atoms with Gasteiger partial charge in [-0.05, 0) is 50.9 Å². The first kappa shape index (κ1) is 34.9. The topological polar surface area (TPSA) is 29.5 Å². The van der Waals surface area contributed by atoms with Crippen molar-refractivity contribution in [2.75, 3.05) is 27.3 Å².